The predicted octanol–water partition coefficient (Wildman–Crippen LogP) is 6.86. The van der Waals surface area contributed by atoms with Gasteiger partial charge in [-0.3, -0.25) is 0 Å². The third kappa shape index (κ3) is 3.59. The zero-order chi connectivity index (χ0) is 26.1. The lowest BCUT2D eigenvalue weighted by molar-refractivity contribution is 0.00578. The number of benzene rings is 4. The number of rotatable bonds is 3. The number of anilines is 1. The van der Waals surface area contributed by atoms with Crippen LogP contribution in [0.5, 0.6) is 5.75 Å². The van der Waals surface area contributed by atoms with Crippen molar-refractivity contribution in [3.8, 4) is 17.0 Å². The second-order valence-electron chi connectivity index (χ2n) is 11.1. The number of nitrogens with zero attached hydrogens (tertiary/aromatic N) is 1. The van der Waals surface area contributed by atoms with Crippen LogP contribution in [0.2, 0.25) is 0 Å². The molecule has 1 aromatic heterocycles. The zero-order valence-corrected chi connectivity index (χ0v) is 22.0. The van der Waals surface area contributed by atoms with Crippen LogP contribution in [0.3, 0.4) is 0 Å². The first-order valence-electron chi connectivity index (χ1n) is 13.1. The summed E-state index contributed by atoms with van der Waals surface area (Å²) in [6.45, 7) is 8.30. The topological polar surface area (TPSA) is 52.6 Å². The number of nitrogens with one attached hydrogen (secondary N) is 1. The molecule has 5 aromatic rings. The number of pyridine rings is 1. The molecule has 2 aliphatic heterocycles. The van der Waals surface area contributed by atoms with Crippen molar-refractivity contribution >= 4 is 39.9 Å². The van der Waals surface area contributed by atoms with Gasteiger partial charge in [-0.2, -0.15) is 0 Å². The van der Waals surface area contributed by atoms with Crippen molar-refractivity contribution in [2.75, 3.05) is 5.32 Å². The second-order valence-corrected chi connectivity index (χ2v) is 11.1. The van der Waals surface area contributed by atoms with Crippen LogP contribution in [-0.4, -0.2) is 23.3 Å². The molecule has 0 bridgehead atoms. The number of fused-ring (bicyclic) bond motifs is 5. The fourth-order valence-corrected chi connectivity index (χ4v) is 5.33. The summed E-state index contributed by atoms with van der Waals surface area (Å²) in [7, 11) is -0.394. The maximum Gasteiger partial charge on any atom is 0.494 e. The normalized spacial score (nSPS) is 19.4. The van der Waals surface area contributed by atoms with Gasteiger partial charge in [0.15, 0.2) is 6.23 Å². The smallest absolute Gasteiger partial charge is 0.464 e. The molecule has 1 N–H and O–H groups in total. The maximum absolute atomic E-state index is 6.34. The van der Waals surface area contributed by atoms with Gasteiger partial charge in [-0.15, -0.1) is 0 Å². The molecule has 6 heteroatoms. The second kappa shape index (κ2) is 8.32. The summed E-state index contributed by atoms with van der Waals surface area (Å²) < 4.78 is 18.9. The van der Waals surface area contributed by atoms with Gasteiger partial charge in [0.05, 0.1) is 28.1 Å². The SMILES string of the molecule is CC1(C)OB(c2ccc(-c3nc4ccccc4c4c5c(ccc34)OC(c3ccccc3)N5)cc2)OC1(C)C. The molecule has 188 valence electrons. The van der Waals surface area contributed by atoms with E-state index in [2.05, 4.69) is 93.7 Å². The van der Waals surface area contributed by atoms with E-state index in [1.165, 1.54) is 0 Å². The quantitative estimate of drug-likeness (QED) is 0.217. The molecule has 5 nitrogen and oxygen atoms in total. The minimum Gasteiger partial charge on any atom is -0.464 e. The van der Waals surface area contributed by atoms with Gasteiger partial charge in [0.2, 0.25) is 0 Å². The first-order chi connectivity index (χ1) is 18.3. The molecule has 0 aliphatic carbocycles. The van der Waals surface area contributed by atoms with Crippen LogP contribution in [0.15, 0.2) is 91.0 Å². The molecule has 0 spiro atoms. The Kier molecular flexibility index (Phi) is 5.09. The Morgan fingerprint density at radius 1 is 0.737 bits per heavy atom. The van der Waals surface area contributed by atoms with Crippen LogP contribution >= 0.6 is 0 Å². The van der Waals surface area contributed by atoms with Gasteiger partial charge in [0.1, 0.15) is 5.75 Å². The third-order valence-electron chi connectivity index (χ3n) is 8.16. The van der Waals surface area contributed by atoms with E-state index in [4.69, 9.17) is 19.0 Å². The molecular formula is C32H29BN2O3. The number of aromatic nitrogens is 1. The summed E-state index contributed by atoms with van der Waals surface area (Å²) in [5.74, 6) is 0.852. The van der Waals surface area contributed by atoms with E-state index in [1.807, 2.05) is 30.3 Å². The van der Waals surface area contributed by atoms with Crippen molar-refractivity contribution < 1.29 is 14.0 Å². The van der Waals surface area contributed by atoms with Crippen molar-refractivity contribution in [1.82, 2.24) is 4.98 Å². The van der Waals surface area contributed by atoms with E-state index >= 15 is 0 Å². The summed E-state index contributed by atoms with van der Waals surface area (Å²) in [4.78, 5) is 5.12. The molecule has 0 radical (unpaired) electrons. The molecule has 1 saturated heterocycles. The van der Waals surface area contributed by atoms with E-state index in [-0.39, 0.29) is 17.4 Å². The summed E-state index contributed by atoms with van der Waals surface area (Å²) in [5, 5.41) is 6.94. The predicted molar refractivity (Wildman–Crippen MR) is 154 cm³/mol. The van der Waals surface area contributed by atoms with Gasteiger partial charge in [-0.1, -0.05) is 72.8 Å². The van der Waals surface area contributed by atoms with Gasteiger partial charge < -0.3 is 19.4 Å². The molecule has 3 heterocycles. The van der Waals surface area contributed by atoms with Crippen molar-refractivity contribution in [2.24, 2.45) is 0 Å². The average molecular weight is 500 g/mol. The average Bonchev–Trinajstić information content (AvgIpc) is 3.46. The Morgan fingerprint density at radius 3 is 2.16 bits per heavy atom. The Balaban J connectivity index is 1.33. The molecule has 38 heavy (non-hydrogen) atoms. The molecule has 7 rings (SSSR count). The highest BCUT2D eigenvalue weighted by atomic mass is 16.7. The van der Waals surface area contributed by atoms with Crippen LogP contribution in [0.4, 0.5) is 5.69 Å². The van der Waals surface area contributed by atoms with E-state index in [0.717, 1.165) is 55.4 Å². The fourth-order valence-electron chi connectivity index (χ4n) is 5.33. The monoisotopic (exact) mass is 500 g/mol. The molecule has 0 saturated carbocycles. The number of para-hydroxylation sites is 1. The van der Waals surface area contributed by atoms with Crippen LogP contribution in [0.1, 0.15) is 39.5 Å². The highest BCUT2D eigenvalue weighted by Crippen LogP contribution is 2.47. The van der Waals surface area contributed by atoms with Gasteiger partial charge in [0.25, 0.3) is 0 Å². The van der Waals surface area contributed by atoms with Gasteiger partial charge in [0, 0.05) is 27.3 Å². The largest absolute Gasteiger partial charge is 0.494 e. The van der Waals surface area contributed by atoms with Crippen LogP contribution in [0.25, 0.3) is 32.9 Å². The molecule has 1 unspecified atom stereocenters. The molecule has 1 atom stereocenters. The first kappa shape index (κ1) is 23.3. The number of hydrogen-bond donors (Lipinski definition) is 1. The Morgan fingerprint density at radius 2 is 1.42 bits per heavy atom. The lowest BCUT2D eigenvalue weighted by Crippen LogP contribution is -2.41. The standard InChI is InChI=1S/C32H29BN2O3/c1-31(2)32(3,4)38-33(37-31)22-16-14-20(15-17-22)28-24-18-19-26-29(27(24)23-12-8-9-13-25(23)34-28)35-30(36-26)21-10-6-5-7-11-21/h5-19,30,35H,1-4H3. The van der Waals surface area contributed by atoms with E-state index < -0.39 is 7.12 Å². The molecule has 1 fully saturated rings. The third-order valence-corrected chi connectivity index (χ3v) is 8.16. The maximum atomic E-state index is 6.34. The van der Waals surface area contributed by atoms with Crippen molar-refractivity contribution in [3.63, 3.8) is 0 Å². The number of hydrogen-bond acceptors (Lipinski definition) is 5. The summed E-state index contributed by atoms with van der Waals surface area (Å²) in [6.07, 6.45) is -0.230. The minimum absolute atomic E-state index is 0.230. The summed E-state index contributed by atoms with van der Waals surface area (Å²) in [5.41, 5.74) is 5.27. The number of ether oxygens (including phenoxy) is 1. The van der Waals surface area contributed by atoms with Gasteiger partial charge in [-0.05, 0) is 51.4 Å². The van der Waals surface area contributed by atoms with Crippen LogP contribution in [-0.2, 0) is 9.31 Å². The van der Waals surface area contributed by atoms with Crippen LogP contribution < -0.4 is 15.5 Å². The zero-order valence-electron chi connectivity index (χ0n) is 22.0. The summed E-state index contributed by atoms with van der Waals surface area (Å²) in [6, 6.07) is 31.1. The highest BCUT2D eigenvalue weighted by Gasteiger charge is 2.51. The summed E-state index contributed by atoms with van der Waals surface area (Å²) >= 11 is 0. The van der Waals surface area contributed by atoms with Gasteiger partial charge in [-0.25, -0.2) is 4.98 Å². The Labute approximate surface area is 222 Å². The fraction of sp³-hybridized carbons (Fsp3) is 0.219. The molecule has 2 aliphatic rings. The first-order valence-corrected chi connectivity index (χ1v) is 13.1. The van der Waals surface area contributed by atoms with E-state index in [9.17, 15) is 0 Å². The van der Waals surface area contributed by atoms with Crippen molar-refractivity contribution in [3.05, 3.63) is 96.6 Å². The minimum atomic E-state index is -0.394. The lowest BCUT2D eigenvalue weighted by atomic mass is 9.78. The van der Waals surface area contributed by atoms with E-state index in [1.54, 1.807) is 0 Å². The van der Waals surface area contributed by atoms with E-state index in [0.29, 0.717) is 0 Å². The Bertz CT molecular complexity index is 1670. The molecule has 4 aromatic carbocycles. The molecule has 0 amide bonds. The van der Waals surface area contributed by atoms with Crippen LogP contribution in [0, 0.1) is 0 Å². The lowest BCUT2D eigenvalue weighted by Gasteiger charge is -2.32. The Hall–Kier alpha value is -3.87. The molecular weight excluding hydrogens is 471 g/mol. The van der Waals surface area contributed by atoms with Gasteiger partial charge >= 0.3 is 7.12 Å². The van der Waals surface area contributed by atoms with Crippen molar-refractivity contribution in [1.29, 1.82) is 0 Å². The van der Waals surface area contributed by atoms with Crippen molar-refractivity contribution in [2.45, 2.75) is 45.1 Å². The highest BCUT2D eigenvalue weighted by molar-refractivity contribution is 6.62.